The lowest BCUT2D eigenvalue weighted by molar-refractivity contribution is -0.121. The molecular formula is C15H23NO2. The Morgan fingerprint density at radius 2 is 2.28 bits per heavy atom. The van der Waals surface area contributed by atoms with Crippen LogP contribution in [0.15, 0.2) is 16.5 Å². The van der Waals surface area contributed by atoms with Gasteiger partial charge in [0.05, 0.1) is 0 Å². The first kappa shape index (κ1) is 13.2. The van der Waals surface area contributed by atoms with Crippen LogP contribution in [0.5, 0.6) is 0 Å². The molecule has 1 aromatic rings. The predicted molar refractivity (Wildman–Crippen MR) is 71.4 cm³/mol. The fourth-order valence-electron chi connectivity index (χ4n) is 2.13. The molecule has 18 heavy (non-hydrogen) atoms. The molecule has 1 aliphatic carbocycles. The van der Waals surface area contributed by atoms with Gasteiger partial charge in [-0.2, -0.15) is 0 Å². The van der Waals surface area contributed by atoms with Crippen LogP contribution in [0.4, 0.5) is 0 Å². The smallest absolute Gasteiger partial charge is 0.220 e. The van der Waals surface area contributed by atoms with Crippen molar-refractivity contribution in [2.24, 2.45) is 5.92 Å². The highest BCUT2D eigenvalue weighted by atomic mass is 16.3. The Labute approximate surface area is 109 Å². The average molecular weight is 249 g/mol. The number of furan rings is 1. The van der Waals surface area contributed by atoms with E-state index in [2.05, 4.69) is 25.2 Å². The number of carbonyl (C=O) groups excluding carboxylic acids is 1. The Kier molecular flexibility index (Phi) is 4.10. The largest absolute Gasteiger partial charge is 0.466 e. The van der Waals surface area contributed by atoms with E-state index in [4.69, 9.17) is 4.42 Å². The van der Waals surface area contributed by atoms with E-state index in [1.54, 1.807) is 0 Å². The zero-order valence-corrected chi connectivity index (χ0v) is 11.5. The molecule has 0 spiro atoms. The average Bonchev–Trinajstić information content (AvgIpc) is 2.90. The number of amides is 1. The summed E-state index contributed by atoms with van der Waals surface area (Å²) >= 11 is 0. The minimum Gasteiger partial charge on any atom is -0.466 e. The van der Waals surface area contributed by atoms with Crippen molar-refractivity contribution in [2.75, 3.05) is 0 Å². The molecule has 0 unspecified atom stereocenters. The molecule has 1 amide bonds. The molecule has 1 saturated carbocycles. The normalized spacial score (nSPS) is 23.7. The molecule has 0 bridgehead atoms. The number of hydrogen-bond acceptors (Lipinski definition) is 2. The summed E-state index contributed by atoms with van der Waals surface area (Å²) in [7, 11) is 0. The van der Waals surface area contributed by atoms with E-state index in [-0.39, 0.29) is 11.9 Å². The molecule has 1 N–H and O–H groups in total. The van der Waals surface area contributed by atoms with E-state index in [1.165, 1.54) is 6.42 Å². The van der Waals surface area contributed by atoms with Crippen molar-refractivity contribution in [2.45, 2.75) is 58.4 Å². The van der Waals surface area contributed by atoms with Gasteiger partial charge in [-0.05, 0) is 37.8 Å². The number of nitrogens with one attached hydrogen (secondary N) is 1. The zero-order chi connectivity index (χ0) is 13.1. The third-order valence-corrected chi connectivity index (χ3v) is 3.78. The number of carbonyl (C=O) groups is 1. The third-order valence-electron chi connectivity index (χ3n) is 3.78. The van der Waals surface area contributed by atoms with E-state index in [0.717, 1.165) is 23.9 Å². The van der Waals surface area contributed by atoms with Crippen LogP contribution < -0.4 is 5.32 Å². The molecule has 3 atom stereocenters. The summed E-state index contributed by atoms with van der Waals surface area (Å²) < 4.78 is 5.78. The van der Waals surface area contributed by atoms with Crippen molar-refractivity contribution in [3.8, 4) is 0 Å². The van der Waals surface area contributed by atoms with Crippen LogP contribution in [-0.4, -0.2) is 11.9 Å². The lowest BCUT2D eigenvalue weighted by Crippen LogP contribution is -2.31. The second-order valence-corrected chi connectivity index (χ2v) is 5.50. The van der Waals surface area contributed by atoms with Crippen molar-refractivity contribution in [1.82, 2.24) is 5.32 Å². The summed E-state index contributed by atoms with van der Waals surface area (Å²) in [4.78, 5) is 11.6. The van der Waals surface area contributed by atoms with Gasteiger partial charge in [0.25, 0.3) is 0 Å². The molecule has 1 aromatic heterocycles. The Hall–Kier alpha value is -1.25. The standard InChI is InChI=1S/C15H23NO2/c1-4-11(3)16-15(17)8-6-12-5-7-14(18-12)13-9-10(13)2/h5,7,10-11,13H,4,6,8-9H2,1-3H3,(H,16,17)/t10-,11+,13+/m1/s1. The van der Waals surface area contributed by atoms with Crippen LogP contribution in [0.1, 0.15) is 57.5 Å². The van der Waals surface area contributed by atoms with E-state index in [0.29, 0.717) is 18.8 Å². The van der Waals surface area contributed by atoms with Gasteiger partial charge in [-0.25, -0.2) is 0 Å². The molecule has 1 heterocycles. The summed E-state index contributed by atoms with van der Waals surface area (Å²) in [5.74, 6) is 3.52. The monoisotopic (exact) mass is 249 g/mol. The highest BCUT2D eigenvalue weighted by Crippen LogP contribution is 2.47. The van der Waals surface area contributed by atoms with Gasteiger partial charge in [0.1, 0.15) is 11.5 Å². The fourth-order valence-corrected chi connectivity index (χ4v) is 2.13. The summed E-state index contributed by atoms with van der Waals surface area (Å²) in [6, 6.07) is 4.34. The van der Waals surface area contributed by atoms with Gasteiger partial charge in [0.15, 0.2) is 0 Å². The summed E-state index contributed by atoms with van der Waals surface area (Å²) in [6.45, 7) is 6.34. The maximum Gasteiger partial charge on any atom is 0.220 e. The maximum atomic E-state index is 11.6. The van der Waals surface area contributed by atoms with Gasteiger partial charge < -0.3 is 9.73 Å². The molecule has 0 radical (unpaired) electrons. The Bertz CT molecular complexity index is 410. The van der Waals surface area contributed by atoms with Gasteiger partial charge in [-0.3, -0.25) is 4.79 Å². The predicted octanol–water partition coefficient (Wildman–Crippen LogP) is 3.25. The molecule has 2 rings (SSSR count). The van der Waals surface area contributed by atoms with Crippen LogP contribution in [0, 0.1) is 5.92 Å². The Morgan fingerprint density at radius 3 is 2.89 bits per heavy atom. The first-order valence-corrected chi connectivity index (χ1v) is 6.98. The molecule has 3 nitrogen and oxygen atoms in total. The number of aryl methyl sites for hydroxylation is 1. The molecule has 0 aliphatic heterocycles. The summed E-state index contributed by atoms with van der Waals surface area (Å²) in [6.07, 6.45) is 3.42. The summed E-state index contributed by atoms with van der Waals surface area (Å²) in [5, 5.41) is 2.97. The van der Waals surface area contributed by atoms with Crippen LogP contribution >= 0.6 is 0 Å². The van der Waals surface area contributed by atoms with Crippen molar-refractivity contribution in [3.63, 3.8) is 0 Å². The second-order valence-electron chi connectivity index (χ2n) is 5.50. The van der Waals surface area contributed by atoms with E-state index >= 15 is 0 Å². The molecule has 0 saturated heterocycles. The molecule has 3 heteroatoms. The Balaban J connectivity index is 1.76. The van der Waals surface area contributed by atoms with Gasteiger partial charge in [-0.1, -0.05) is 13.8 Å². The van der Waals surface area contributed by atoms with E-state index in [9.17, 15) is 4.79 Å². The van der Waals surface area contributed by atoms with Crippen LogP contribution in [0.3, 0.4) is 0 Å². The van der Waals surface area contributed by atoms with Gasteiger partial charge in [-0.15, -0.1) is 0 Å². The SMILES string of the molecule is CC[C@H](C)NC(=O)CCc1ccc([C@H]2C[C@H]2C)o1. The molecule has 1 fully saturated rings. The maximum absolute atomic E-state index is 11.6. The van der Waals surface area contributed by atoms with Gasteiger partial charge in [0, 0.05) is 24.8 Å². The lowest BCUT2D eigenvalue weighted by atomic mass is 10.2. The molecular weight excluding hydrogens is 226 g/mol. The summed E-state index contributed by atoms with van der Waals surface area (Å²) in [5.41, 5.74) is 0. The highest BCUT2D eigenvalue weighted by molar-refractivity contribution is 5.76. The van der Waals surface area contributed by atoms with E-state index < -0.39 is 0 Å². The van der Waals surface area contributed by atoms with Crippen molar-refractivity contribution >= 4 is 5.91 Å². The Morgan fingerprint density at radius 1 is 1.56 bits per heavy atom. The van der Waals surface area contributed by atoms with Crippen molar-refractivity contribution in [3.05, 3.63) is 23.7 Å². The minimum absolute atomic E-state index is 0.113. The topological polar surface area (TPSA) is 42.2 Å². The van der Waals surface area contributed by atoms with Crippen LogP contribution in [0.2, 0.25) is 0 Å². The van der Waals surface area contributed by atoms with Gasteiger partial charge >= 0.3 is 0 Å². The van der Waals surface area contributed by atoms with Crippen molar-refractivity contribution < 1.29 is 9.21 Å². The molecule has 0 aromatic carbocycles. The van der Waals surface area contributed by atoms with Crippen LogP contribution in [-0.2, 0) is 11.2 Å². The first-order valence-electron chi connectivity index (χ1n) is 6.98. The number of rotatable bonds is 6. The molecule has 1 aliphatic rings. The van der Waals surface area contributed by atoms with Gasteiger partial charge in [0.2, 0.25) is 5.91 Å². The number of hydrogen-bond donors (Lipinski definition) is 1. The lowest BCUT2D eigenvalue weighted by Gasteiger charge is -2.10. The fraction of sp³-hybridized carbons (Fsp3) is 0.667. The van der Waals surface area contributed by atoms with E-state index in [1.807, 2.05) is 13.0 Å². The van der Waals surface area contributed by atoms with Crippen LogP contribution in [0.25, 0.3) is 0 Å². The minimum atomic E-state index is 0.113. The zero-order valence-electron chi connectivity index (χ0n) is 11.5. The first-order chi connectivity index (χ1) is 8.60. The van der Waals surface area contributed by atoms with Crippen molar-refractivity contribution in [1.29, 1.82) is 0 Å². The quantitative estimate of drug-likeness (QED) is 0.841. The third kappa shape index (κ3) is 3.37. The molecule has 100 valence electrons. The highest BCUT2D eigenvalue weighted by Gasteiger charge is 2.36. The second kappa shape index (κ2) is 5.59.